The number of aromatic nitrogens is 2. The number of carbonyl (C=O) groups excluding carboxylic acids is 2. The van der Waals surface area contributed by atoms with Crippen LogP contribution in [0.3, 0.4) is 0 Å². The van der Waals surface area contributed by atoms with Crippen LogP contribution in [0.5, 0.6) is 5.75 Å². The number of phenols is 1. The van der Waals surface area contributed by atoms with Gasteiger partial charge in [-0.1, -0.05) is 18.2 Å². The summed E-state index contributed by atoms with van der Waals surface area (Å²) in [5.74, 6) is -2.86. The molecule has 1 heterocycles. The summed E-state index contributed by atoms with van der Waals surface area (Å²) in [6, 6.07) is 10.5. The van der Waals surface area contributed by atoms with Crippen LogP contribution in [0.25, 0.3) is 16.9 Å². The number of aromatic hydroxyl groups is 1. The summed E-state index contributed by atoms with van der Waals surface area (Å²) in [7, 11) is 2.31. The van der Waals surface area contributed by atoms with Gasteiger partial charge in [-0.3, -0.25) is 0 Å². The summed E-state index contributed by atoms with van der Waals surface area (Å²) in [5, 5.41) is 14.6. The molecule has 7 nitrogen and oxygen atoms in total. The van der Waals surface area contributed by atoms with Gasteiger partial charge in [0.25, 0.3) is 0 Å². The van der Waals surface area contributed by atoms with Gasteiger partial charge in [0.2, 0.25) is 0 Å². The highest BCUT2D eigenvalue weighted by molar-refractivity contribution is 9.10. The molecular weight excluding hydrogens is 435 g/mol. The number of halogens is 2. The lowest BCUT2D eigenvalue weighted by atomic mass is 10.0. The van der Waals surface area contributed by atoms with Gasteiger partial charge in [-0.05, 0) is 34.1 Å². The highest BCUT2D eigenvalue weighted by Crippen LogP contribution is 2.39. The zero-order valence-electron chi connectivity index (χ0n) is 14.8. The Morgan fingerprint density at radius 2 is 1.75 bits per heavy atom. The zero-order chi connectivity index (χ0) is 20.4. The van der Waals surface area contributed by atoms with E-state index >= 15 is 0 Å². The number of carbonyl (C=O) groups is 2. The molecule has 0 saturated carbocycles. The second kappa shape index (κ2) is 7.81. The van der Waals surface area contributed by atoms with E-state index in [0.717, 1.165) is 26.4 Å². The number of hydrogen-bond donors (Lipinski definition) is 1. The third-order valence-corrected chi connectivity index (χ3v) is 4.55. The van der Waals surface area contributed by atoms with Crippen LogP contribution in [0.1, 0.15) is 20.8 Å². The molecule has 3 rings (SSSR count). The summed E-state index contributed by atoms with van der Waals surface area (Å²) in [4.78, 5) is 25.0. The summed E-state index contributed by atoms with van der Waals surface area (Å²) >= 11 is 3.17. The van der Waals surface area contributed by atoms with Gasteiger partial charge in [0.15, 0.2) is 5.69 Å². The first-order chi connectivity index (χ1) is 13.4. The molecule has 0 aliphatic rings. The standard InChI is InChI=1S/C19H14BrFN2O5/c1-27-18(25)15-16(14-12(20)8-10(21)9-13(14)24)22-23(17(15)19(26)28-2)11-6-4-3-5-7-11/h3-9,24H,1-2H3. The molecule has 2 aromatic carbocycles. The molecule has 0 aliphatic heterocycles. The summed E-state index contributed by atoms with van der Waals surface area (Å²) in [6.45, 7) is 0. The number of rotatable bonds is 4. The molecule has 0 fully saturated rings. The summed E-state index contributed by atoms with van der Waals surface area (Å²) < 4.78 is 24.6. The van der Waals surface area contributed by atoms with Gasteiger partial charge in [0.1, 0.15) is 22.8 Å². The summed E-state index contributed by atoms with van der Waals surface area (Å²) in [6.07, 6.45) is 0. The van der Waals surface area contributed by atoms with Gasteiger partial charge in [-0.2, -0.15) is 5.10 Å². The highest BCUT2D eigenvalue weighted by atomic mass is 79.9. The molecule has 0 atom stereocenters. The lowest BCUT2D eigenvalue weighted by Gasteiger charge is -2.08. The minimum Gasteiger partial charge on any atom is -0.507 e. The van der Waals surface area contributed by atoms with Crippen molar-refractivity contribution in [2.24, 2.45) is 0 Å². The first-order valence-electron chi connectivity index (χ1n) is 7.92. The molecule has 0 unspecified atom stereocenters. The quantitative estimate of drug-likeness (QED) is 0.611. The number of hydrogen-bond acceptors (Lipinski definition) is 6. The molecule has 1 aromatic heterocycles. The Bertz CT molecular complexity index is 1040. The van der Waals surface area contributed by atoms with Crippen molar-refractivity contribution >= 4 is 27.9 Å². The fraction of sp³-hybridized carbons (Fsp3) is 0.105. The monoisotopic (exact) mass is 448 g/mol. The van der Waals surface area contributed by atoms with E-state index in [0.29, 0.717) is 5.69 Å². The molecule has 0 aliphatic carbocycles. The van der Waals surface area contributed by atoms with Gasteiger partial charge in [-0.15, -0.1) is 0 Å². The van der Waals surface area contributed by atoms with Crippen LogP contribution in [0.4, 0.5) is 4.39 Å². The Kier molecular flexibility index (Phi) is 5.46. The molecular formula is C19H14BrFN2O5. The van der Waals surface area contributed by atoms with E-state index in [1.807, 2.05) is 0 Å². The number of esters is 2. The van der Waals surface area contributed by atoms with Crippen molar-refractivity contribution in [1.29, 1.82) is 0 Å². The van der Waals surface area contributed by atoms with Crippen molar-refractivity contribution in [1.82, 2.24) is 9.78 Å². The van der Waals surface area contributed by atoms with Crippen molar-refractivity contribution in [3.8, 4) is 22.7 Å². The molecule has 3 aromatic rings. The van der Waals surface area contributed by atoms with Crippen LogP contribution in [0.2, 0.25) is 0 Å². The predicted molar refractivity (Wildman–Crippen MR) is 101 cm³/mol. The third kappa shape index (κ3) is 3.36. The molecule has 28 heavy (non-hydrogen) atoms. The first kappa shape index (κ1) is 19.6. The number of ether oxygens (including phenoxy) is 2. The predicted octanol–water partition coefficient (Wildman–Crippen LogP) is 3.72. The number of methoxy groups -OCH3 is 2. The van der Waals surface area contributed by atoms with E-state index in [1.54, 1.807) is 30.3 Å². The SMILES string of the molecule is COC(=O)c1c(-c2c(O)cc(F)cc2Br)nn(-c2ccccc2)c1C(=O)OC. The molecule has 0 bridgehead atoms. The Balaban J connectivity index is 2.43. The highest BCUT2D eigenvalue weighted by Gasteiger charge is 2.33. The van der Waals surface area contributed by atoms with Gasteiger partial charge in [-0.25, -0.2) is 18.7 Å². The van der Waals surface area contributed by atoms with Crippen molar-refractivity contribution in [3.05, 3.63) is 64.0 Å². The second-order valence-electron chi connectivity index (χ2n) is 5.58. The van der Waals surface area contributed by atoms with Crippen LogP contribution in [-0.4, -0.2) is 41.0 Å². The maximum absolute atomic E-state index is 13.6. The van der Waals surface area contributed by atoms with Gasteiger partial charge in [0.05, 0.1) is 25.5 Å². The fourth-order valence-corrected chi connectivity index (χ4v) is 3.33. The minimum absolute atomic E-state index is 0.0293. The van der Waals surface area contributed by atoms with Crippen molar-refractivity contribution in [2.75, 3.05) is 14.2 Å². The van der Waals surface area contributed by atoms with E-state index in [9.17, 15) is 19.1 Å². The van der Waals surface area contributed by atoms with Crippen LogP contribution in [-0.2, 0) is 9.47 Å². The van der Waals surface area contributed by atoms with E-state index in [4.69, 9.17) is 9.47 Å². The Morgan fingerprint density at radius 1 is 1.11 bits per heavy atom. The fourth-order valence-electron chi connectivity index (χ4n) is 2.72. The largest absolute Gasteiger partial charge is 0.507 e. The van der Waals surface area contributed by atoms with Crippen molar-refractivity contribution in [2.45, 2.75) is 0 Å². The lowest BCUT2D eigenvalue weighted by molar-refractivity contribution is 0.0549. The molecule has 0 radical (unpaired) electrons. The van der Waals surface area contributed by atoms with Crippen LogP contribution in [0, 0.1) is 5.82 Å². The maximum Gasteiger partial charge on any atom is 0.357 e. The average Bonchev–Trinajstić information content (AvgIpc) is 3.06. The molecule has 1 N–H and O–H groups in total. The molecule has 9 heteroatoms. The lowest BCUT2D eigenvalue weighted by Crippen LogP contribution is -2.15. The van der Waals surface area contributed by atoms with E-state index in [2.05, 4.69) is 21.0 Å². The van der Waals surface area contributed by atoms with Crippen molar-refractivity contribution < 1.29 is 28.6 Å². The van der Waals surface area contributed by atoms with Gasteiger partial charge < -0.3 is 14.6 Å². The topological polar surface area (TPSA) is 90.6 Å². The smallest absolute Gasteiger partial charge is 0.357 e. The third-order valence-electron chi connectivity index (χ3n) is 3.93. The minimum atomic E-state index is -0.867. The Labute approximate surface area is 167 Å². The number of nitrogens with zero attached hydrogens (tertiary/aromatic N) is 2. The summed E-state index contributed by atoms with van der Waals surface area (Å²) in [5.41, 5.74) is 0.0196. The van der Waals surface area contributed by atoms with Gasteiger partial charge >= 0.3 is 11.9 Å². The normalized spacial score (nSPS) is 10.6. The van der Waals surface area contributed by atoms with Crippen LogP contribution in [0.15, 0.2) is 46.9 Å². The Hall–Kier alpha value is -3.20. The molecule has 144 valence electrons. The molecule has 0 amide bonds. The van der Waals surface area contributed by atoms with E-state index in [-0.39, 0.29) is 27.0 Å². The number of benzene rings is 2. The van der Waals surface area contributed by atoms with Crippen LogP contribution < -0.4 is 0 Å². The van der Waals surface area contributed by atoms with E-state index in [1.165, 1.54) is 4.68 Å². The molecule has 0 spiro atoms. The zero-order valence-corrected chi connectivity index (χ0v) is 16.4. The Morgan fingerprint density at radius 3 is 2.32 bits per heavy atom. The number of para-hydroxylation sites is 1. The van der Waals surface area contributed by atoms with Crippen LogP contribution >= 0.6 is 15.9 Å². The van der Waals surface area contributed by atoms with E-state index < -0.39 is 23.5 Å². The average molecular weight is 449 g/mol. The van der Waals surface area contributed by atoms with Crippen molar-refractivity contribution in [3.63, 3.8) is 0 Å². The first-order valence-corrected chi connectivity index (χ1v) is 8.71. The van der Waals surface area contributed by atoms with Gasteiger partial charge in [0, 0.05) is 10.5 Å². The second-order valence-corrected chi connectivity index (χ2v) is 6.44. The molecule has 0 saturated heterocycles. The number of phenolic OH excluding ortho intramolecular Hbond substituents is 1. The maximum atomic E-state index is 13.6.